The summed E-state index contributed by atoms with van der Waals surface area (Å²) in [5.41, 5.74) is 2.19. The first-order chi connectivity index (χ1) is 28.1. The predicted octanol–water partition coefficient (Wildman–Crippen LogP) is 12.1. The highest BCUT2D eigenvalue weighted by atomic mass is 35.5. The minimum Gasteiger partial charge on any atom is -0.444 e. The number of benzene rings is 2. The van der Waals surface area contributed by atoms with Crippen LogP contribution in [-0.2, 0) is 20.4 Å². The molecule has 5 aliphatic rings. The predicted molar refractivity (Wildman–Crippen MR) is 241 cm³/mol. The summed E-state index contributed by atoms with van der Waals surface area (Å²) >= 11 is 14.7. The molecule has 0 unspecified atom stereocenters. The lowest BCUT2D eigenvalue weighted by Gasteiger charge is -2.40. The van der Waals surface area contributed by atoms with E-state index in [1.165, 1.54) is 11.8 Å². The maximum Gasteiger partial charge on any atom is 0.410 e. The zero-order valence-electron chi connectivity index (χ0n) is 36.3. The van der Waals surface area contributed by atoms with Crippen LogP contribution >= 0.6 is 35.0 Å². The van der Waals surface area contributed by atoms with Crippen molar-refractivity contribution in [1.82, 2.24) is 19.4 Å². The molecule has 2 amide bonds. The van der Waals surface area contributed by atoms with E-state index in [1.807, 2.05) is 38.0 Å². The Morgan fingerprint density at radius 3 is 2.42 bits per heavy atom. The Hall–Kier alpha value is -3.34. The van der Waals surface area contributed by atoms with Gasteiger partial charge in [-0.25, -0.2) is 14.2 Å². The van der Waals surface area contributed by atoms with Crippen LogP contribution in [-0.4, -0.2) is 76.8 Å². The van der Waals surface area contributed by atoms with Crippen LogP contribution in [0.1, 0.15) is 104 Å². The zero-order valence-corrected chi connectivity index (χ0v) is 39.7. The van der Waals surface area contributed by atoms with E-state index in [-0.39, 0.29) is 76.1 Å². The lowest BCUT2D eigenvalue weighted by atomic mass is 9.79. The van der Waals surface area contributed by atoms with E-state index >= 15 is 4.39 Å². The Morgan fingerprint density at radius 1 is 1.07 bits per heavy atom. The summed E-state index contributed by atoms with van der Waals surface area (Å²) in [6.45, 7) is 19.9. The molecule has 2 bridgehead atoms. The molecule has 5 fully saturated rings. The SMILES string of the molecule is CSc1nc2c(F)c(-c3cccc(Cl)c3Cl)c(CCC#N)cc2c2c1cc([C@H]1C[C@H](O[Si](C)(C)C(C)(C)C)CN1C(=O)C1(C)CC1)n2[C@H]1[C@@H]2C[C@H]1N(C(=O)OC(C)(C)C)C2. The van der Waals surface area contributed by atoms with Gasteiger partial charge in [0.05, 0.1) is 45.9 Å². The largest absolute Gasteiger partial charge is 0.444 e. The van der Waals surface area contributed by atoms with E-state index in [0.717, 1.165) is 35.9 Å². The Balaban J connectivity index is 1.39. The smallest absolute Gasteiger partial charge is 0.410 e. The molecular weight excluding hydrogens is 837 g/mol. The van der Waals surface area contributed by atoms with Gasteiger partial charge in [-0.05, 0) is 94.6 Å². The van der Waals surface area contributed by atoms with E-state index < -0.39 is 25.2 Å². The second-order valence-electron chi connectivity index (χ2n) is 20.2. The van der Waals surface area contributed by atoms with Crippen molar-refractivity contribution < 1.29 is 23.1 Å². The third-order valence-electron chi connectivity index (χ3n) is 13.8. The zero-order chi connectivity index (χ0) is 43.4. The number of halogens is 3. The first kappa shape index (κ1) is 43.3. The molecule has 3 saturated heterocycles. The van der Waals surface area contributed by atoms with Gasteiger partial charge >= 0.3 is 6.09 Å². The van der Waals surface area contributed by atoms with Crippen molar-refractivity contribution in [2.75, 3.05) is 19.3 Å². The average Bonchev–Trinajstić information content (AvgIpc) is 3.54. The number of pyridine rings is 1. The number of carbonyl (C=O) groups excluding carboxylic acids is 2. The topological polar surface area (TPSA) is 101 Å². The van der Waals surface area contributed by atoms with Crippen LogP contribution in [0.25, 0.3) is 32.9 Å². The summed E-state index contributed by atoms with van der Waals surface area (Å²) in [7, 11) is -2.23. The van der Waals surface area contributed by atoms with E-state index in [1.54, 1.807) is 18.2 Å². The highest BCUT2D eigenvalue weighted by Crippen LogP contribution is 2.56. The Labute approximate surface area is 368 Å². The van der Waals surface area contributed by atoms with Gasteiger partial charge in [-0.3, -0.25) is 4.79 Å². The van der Waals surface area contributed by atoms with E-state index in [9.17, 15) is 14.9 Å². The highest BCUT2D eigenvalue weighted by Gasteiger charge is 2.58. The maximum atomic E-state index is 17.6. The highest BCUT2D eigenvalue weighted by molar-refractivity contribution is 7.98. The summed E-state index contributed by atoms with van der Waals surface area (Å²) in [6.07, 6.45) is 4.98. The number of aromatic nitrogens is 2. The Morgan fingerprint density at radius 2 is 1.78 bits per heavy atom. The monoisotopic (exact) mass is 891 g/mol. The number of fused-ring (bicyclic) bond motifs is 4. The van der Waals surface area contributed by atoms with Gasteiger partial charge in [0.15, 0.2) is 14.1 Å². The summed E-state index contributed by atoms with van der Waals surface area (Å²) in [5.74, 6) is -0.292. The van der Waals surface area contributed by atoms with Crippen LogP contribution in [0.3, 0.4) is 0 Å². The van der Waals surface area contributed by atoms with Crippen LogP contribution < -0.4 is 0 Å². The van der Waals surface area contributed by atoms with Crippen molar-refractivity contribution >= 4 is 77.1 Å². The van der Waals surface area contributed by atoms with Crippen LogP contribution in [0.5, 0.6) is 0 Å². The van der Waals surface area contributed by atoms with Gasteiger partial charge in [-0.2, -0.15) is 5.26 Å². The molecular formula is C46H56Cl2FN5O4SSi. The van der Waals surface area contributed by atoms with Gasteiger partial charge < -0.3 is 23.5 Å². The number of ether oxygens (including phenoxy) is 1. The van der Waals surface area contributed by atoms with Crippen LogP contribution in [0.2, 0.25) is 28.2 Å². The minimum absolute atomic E-state index is 0.0210. The number of likely N-dealkylation sites (tertiary alicyclic amines) is 1. The number of aryl methyl sites for hydroxylation is 1. The first-order valence-corrected chi connectivity index (χ1v) is 26.0. The van der Waals surface area contributed by atoms with Crippen molar-refractivity contribution in [1.29, 1.82) is 5.26 Å². The van der Waals surface area contributed by atoms with Gasteiger partial charge in [0.1, 0.15) is 16.1 Å². The number of carbonyl (C=O) groups is 2. The Kier molecular flexibility index (Phi) is 11.0. The maximum absolute atomic E-state index is 17.6. The van der Waals surface area contributed by atoms with Crippen molar-refractivity contribution in [3.8, 4) is 17.2 Å². The average molecular weight is 893 g/mol. The molecule has 2 saturated carbocycles. The van der Waals surface area contributed by atoms with E-state index in [2.05, 4.69) is 62.4 Å². The molecule has 4 aromatic rings. The van der Waals surface area contributed by atoms with Gasteiger partial charge in [-0.1, -0.05) is 63.0 Å². The summed E-state index contributed by atoms with van der Waals surface area (Å²) in [4.78, 5) is 37.4. The molecule has 0 radical (unpaired) electrons. The van der Waals surface area contributed by atoms with Gasteiger partial charge in [0, 0.05) is 64.9 Å². The molecule has 9 nitrogen and oxygen atoms in total. The number of thioether (sulfide) groups is 1. The number of rotatable bonds is 9. The van der Waals surface area contributed by atoms with Crippen LogP contribution in [0, 0.1) is 28.5 Å². The molecule has 320 valence electrons. The third kappa shape index (κ3) is 7.32. The molecule has 0 N–H and O–H groups in total. The number of hydrogen-bond donors (Lipinski definition) is 0. The molecule has 5 atom stereocenters. The normalized spacial score (nSPS) is 23.6. The molecule has 3 aliphatic heterocycles. The fraction of sp³-hybridized carbons (Fsp3) is 0.565. The van der Waals surface area contributed by atoms with Crippen molar-refractivity contribution in [3.63, 3.8) is 0 Å². The number of nitriles is 1. The molecule has 2 aromatic carbocycles. The number of amides is 2. The van der Waals surface area contributed by atoms with Crippen LogP contribution in [0.4, 0.5) is 9.18 Å². The number of nitrogens with zero attached hydrogens (tertiary/aromatic N) is 5. The first-order valence-electron chi connectivity index (χ1n) is 21.1. The summed E-state index contributed by atoms with van der Waals surface area (Å²) < 4.78 is 33.0. The molecule has 60 heavy (non-hydrogen) atoms. The molecule has 2 aromatic heterocycles. The lowest BCUT2D eigenvalue weighted by molar-refractivity contribution is -0.137. The second kappa shape index (κ2) is 15.2. The molecule has 0 spiro atoms. The standard InChI is InChI=1S/C46H56Cl2FN5O4SSi/c1-44(2,3)57-43(56)53-23-26-20-34(53)39(26)54-33(32-21-27(58-60(9,10)45(4,5)6)24-52(32)42(55)46(7)16-17-46)22-30-40(54)29-19-25(13-12-18-50)35(28-14-11-15-31(47)36(28)48)37(49)38(29)51-41(30)59-8/h11,14-15,19,22,26-27,32,34,39H,12-13,16-17,20-21,23-24H2,1-10H3/t26-,27+,32-,34-,39+/m1/s1. The fourth-order valence-corrected chi connectivity index (χ4v) is 11.8. The molecule has 5 heterocycles. The summed E-state index contributed by atoms with van der Waals surface area (Å²) in [5, 5.41) is 12.4. The van der Waals surface area contributed by atoms with Gasteiger partial charge in [-0.15, -0.1) is 11.8 Å². The van der Waals surface area contributed by atoms with Gasteiger partial charge in [0.25, 0.3) is 0 Å². The molecule has 14 heteroatoms. The fourth-order valence-electron chi connectivity index (χ4n) is 9.47. The molecule has 2 aliphatic carbocycles. The lowest BCUT2D eigenvalue weighted by Crippen LogP contribution is -2.45. The Bertz CT molecular complexity index is 2470. The van der Waals surface area contributed by atoms with Crippen molar-refractivity contribution in [2.24, 2.45) is 11.3 Å². The molecule has 9 rings (SSSR count). The van der Waals surface area contributed by atoms with Gasteiger partial charge in [0.2, 0.25) is 5.91 Å². The summed E-state index contributed by atoms with van der Waals surface area (Å²) in [6, 6.07) is 10.9. The van der Waals surface area contributed by atoms with E-state index in [0.29, 0.717) is 46.1 Å². The third-order valence-corrected chi connectivity index (χ3v) is 19.9. The van der Waals surface area contributed by atoms with Crippen molar-refractivity contribution in [2.45, 2.75) is 140 Å². The minimum atomic E-state index is -2.23. The van der Waals surface area contributed by atoms with Crippen molar-refractivity contribution in [3.05, 3.63) is 57.5 Å². The van der Waals surface area contributed by atoms with Crippen LogP contribution in [0.15, 0.2) is 35.4 Å². The number of hydrogen-bond acceptors (Lipinski definition) is 7. The van der Waals surface area contributed by atoms with E-state index in [4.69, 9.17) is 37.3 Å². The quantitative estimate of drug-likeness (QED) is 0.122. The second-order valence-corrected chi connectivity index (χ2v) is 26.5.